The van der Waals surface area contributed by atoms with Gasteiger partial charge in [-0.1, -0.05) is 24.3 Å². The molecule has 0 radical (unpaired) electrons. The van der Waals surface area contributed by atoms with Gasteiger partial charge in [0.05, 0.1) is 41.1 Å². The number of carbonyl (C=O) groups is 1. The highest BCUT2D eigenvalue weighted by molar-refractivity contribution is 5.95. The number of H-pyrrole nitrogens is 1. The average molecular weight is 465 g/mol. The van der Waals surface area contributed by atoms with Crippen LogP contribution in [0, 0.1) is 5.82 Å². The average Bonchev–Trinajstić information content (AvgIpc) is 3.27. The van der Waals surface area contributed by atoms with Gasteiger partial charge in [0, 0.05) is 30.6 Å². The lowest BCUT2D eigenvalue weighted by Crippen LogP contribution is -2.53. The van der Waals surface area contributed by atoms with Gasteiger partial charge >= 0.3 is 0 Å². The highest BCUT2D eigenvalue weighted by atomic mass is 19.1. The molecular formula is C24H25FN6O3. The quantitative estimate of drug-likeness (QED) is 0.497. The Morgan fingerprint density at radius 1 is 1.24 bits per heavy atom. The lowest BCUT2D eigenvalue weighted by molar-refractivity contribution is -0.0193. The molecule has 2 unspecified atom stereocenters. The molecule has 2 aromatic carbocycles. The first-order chi connectivity index (χ1) is 16.3. The molecule has 0 spiro atoms. The Hall–Kier alpha value is -3.76. The number of nitrogens with zero attached hydrogens (tertiary/aromatic N) is 3. The van der Waals surface area contributed by atoms with Crippen molar-refractivity contribution in [1.82, 2.24) is 20.1 Å². The van der Waals surface area contributed by atoms with Crippen molar-refractivity contribution in [3.8, 4) is 0 Å². The van der Waals surface area contributed by atoms with E-state index in [0.29, 0.717) is 52.9 Å². The van der Waals surface area contributed by atoms with Crippen LogP contribution in [0.15, 0.2) is 58.7 Å². The monoisotopic (exact) mass is 464 g/mol. The number of aromatic amines is 1. The zero-order valence-corrected chi connectivity index (χ0v) is 18.6. The van der Waals surface area contributed by atoms with E-state index in [1.54, 1.807) is 35.0 Å². The molecule has 10 heteroatoms. The number of likely N-dealkylation sites (tertiary alicyclic amines) is 1. The zero-order chi connectivity index (χ0) is 24.0. The molecule has 1 amide bonds. The van der Waals surface area contributed by atoms with Crippen LogP contribution in [0.4, 0.5) is 4.39 Å². The number of allylic oxidation sites excluding steroid dienone is 1. The van der Waals surface area contributed by atoms with Gasteiger partial charge in [0.15, 0.2) is 0 Å². The number of nitrogens with two attached hydrogens (primary N) is 2. The van der Waals surface area contributed by atoms with Crippen LogP contribution >= 0.6 is 0 Å². The molecule has 2 aliphatic rings. The fourth-order valence-corrected chi connectivity index (χ4v) is 4.65. The molecule has 0 aliphatic carbocycles. The van der Waals surface area contributed by atoms with Gasteiger partial charge in [-0.25, -0.2) is 15.3 Å². The van der Waals surface area contributed by atoms with Crippen LogP contribution in [-0.2, 0) is 11.2 Å². The zero-order valence-electron chi connectivity index (χ0n) is 18.6. The second-order valence-corrected chi connectivity index (χ2v) is 8.70. The van der Waals surface area contributed by atoms with E-state index in [-0.39, 0.29) is 29.9 Å². The molecule has 9 nitrogen and oxygen atoms in total. The van der Waals surface area contributed by atoms with Gasteiger partial charge < -0.3 is 20.4 Å². The SMILES string of the molecule is C/C(N)=C1\COC2CN(C(=O)c3cc(Cc4n[nH]c(=O)c5ccccc45)ccc3F)CC2N1N. The number of aromatic nitrogens is 2. The summed E-state index contributed by atoms with van der Waals surface area (Å²) in [6, 6.07) is 11.3. The molecule has 176 valence electrons. The number of hydrogen-bond acceptors (Lipinski definition) is 7. The van der Waals surface area contributed by atoms with Crippen LogP contribution < -0.4 is 17.1 Å². The maximum absolute atomic E-state index is 14.7. The van der Waals surface area contributed by atoms with Crippen molar-refractivity contribution in [3.05, 3.63) is 86.9 Å². The van der Waals surface area contributed by atoms with Gasteiger partial charge in [-0.15, -0.1) is 0 Å². The maximum Gasteiger partial charge on any atom is 0.272 e. The third-order valence-corrected chi connectivity index (χ3v) is 6.49. The molecule has 3 aromatic rings. The van der Waals surface area contributed by atoms with E-state index in [0.717, 1.165) is 0 Å². The molecule has 0 bridgehead atoms. The van der Waals surface area contributed by atoms with Gasteiger partial charge in [-0.2, -0.15) is 5.10 Å². The first-order valence-electron chi connectivity index (χ1n) is 11.0. The molecule has 5 N–H and O–H groups in total. The van der Waals surface area contributed by atoms with Gasteiger partial charge in [0.2, 0.25) is 0 Å². The Morgan fingerprint density at radius 3 is 2.76 bits per heavy atom. The standard InChI is InChI=1S/C24H25FN6O3/c1-13(26)21-12-34-22-11-30(10-20(22)31(21)27)24(33)17-8-14(6-7-18(17)25)9-19-15-4-2-3-5-16(15)23(32)29-28-19/h2-8,20,22H,9-12,26-27H2,1H3,(H,29,32)/b21-13-. The third-order valence-electron chi connectivity index (χ3n) is 6.49. The van der Waals surface area contributed by atoms with Crippen LogP contribution in [0.1, 0.15) is 28.5 Å². The van der Waals surface area contributed by atoms with Crippen LogP contribution in [-0.4, -0.2) is 57.9 Å². The molecule has 2 saturated heterocycles. The molecule has 0 saturated carbocycles. The Balaban J connectivity index is 1.40. The van der Waals surface area contributed by atoms with Gasteiger partial charge in [-0.3, -0.25) is 9.59 Å². The van der Waals surface area contributed by atoms with Crippen molar-refractivity contribution in [3.63, 3.8) is 0 Å². The maximum atomic E-state index is 14.7. The summed E-state index contributed by atoms with van der Waals surface area (Å²) >= 11 is 0. The second-order valence-electron chi connectivity index (χ2n) is 8.70. The minimum atomic E-state index is -0.605. The lowest BCUT2D eigenvalue weighted by atomic mass is 10.0. The molecule has 2 aliphatic heterocycles. The number of hydrazine groups is 1. The number of ether oxygens (including phenoxy) is 1. The molecule has 3 heterocycles. The van der Waals surface area contributed by atoms with Crippen molar-refractivity contribution in [2.75, 3.05) is 19.7 Å². The fraction of sp³-hybridized carbons (Fsp3) is 0.292. The number of nitrogens with one attached hydrogen (secondary N) is 1. The van der Waals surface area contributed by atoms with E-state index in [4.69, 9.17) is 16.3 Å². The van der Waals surface area contributed by atoms with Crippen molar-refractivity contribution < 1.29 is 13.9 Å². The lowest BCUT2D eigenvalue weighted by Gasteiger charge is -2.37. The molecule has 2 fully saturated rings. The van der Waals surface area contributed by atoms with Crippen molar-refractivity contribution in [2.45, 2.75) is 25.5 Å². The summed E-state index contributed by atoms with van der Waals surface area (Å²) < 4.78 is 20.6. The Kier molecular flexibility index (Phi) is 5.54. The van der Waals surface area contributed by atoms with E-state index >= 15 is 0 Å². The first kappa shape index (κ1) is 22.1. The molecule has 1 aromatic heterocycles. The van der Waals surface area contributed by atoms with Gasteiger partial charge in [0.1, 0.15) is 5.82 Å². The van der Waals surface area contributed by atoms with E-state index < -0.39 is 11.7 Å². The fourth-order valence-electron chi connectivity index (χ4n) is 4.65. The van der Waals surface area contributed by atoms with E-state index in [2.05, 4.69) is 10.2 Å². The topological polar surface area (TPSA) is 131 Å². The number of carbonyl (C=O) groups excluding carboxylic acids is 1. The predicted octanol–water partition coefficient (Wildman–Crippen LogP) is 1.24. The van der Waals surface area contributed by atoms with E-state index in [1.807, 2.05) is 12.1 Å². The van der Waals surface area contributed by atoms with Gasteiger partial charge in [-0.05, 0) is 30.7 Å². The molecule has 2 atom stereocenters. The minimum Gasteiger partial charge on any atom is -0.401 e. The van der Waals surface area contributed by atoms with E-state index in [1.165, 1.54) is 12.1 Å². The normalized spacial score (nSPS) is 21.6. The largest absolute Gasteiger partial charge is 0.401 e. The van der Waals surface area contributed by atoms with Crippen molar-refractivity contribution >= 4 is 16.7 Å². The summed E-state index contributed by atoms with van der Waals surface area (Å²) in [7, 11) is 0. The molecular weight excluding hydrogens is 439 g/mol. The van der Waals surface area contributed by atoms with Gasteiger partial charge in [0.25, 0.3) is 11.5 Å². The highest BCUT2D eigenvalue weighted by Crippen LogP contribution is 2.28. The summed E-state index contributed by atoms with van der Waals surface area (Å²) in [6.45, 7) is 2.63. The summed E-state index contributed by atoms with van der Waals surface area (Å²) in [5, 5.41) is 9.49. The Bertz CT molecular complexity index is 1370. The Labute approximate surface area is 194 Å². The molecule has 34 heavy (non-hydrogen) atoms. The number of benzene rings is 2. The summed E-state index contributed by atoms with van der Waals surface area (Å²) in [5.74, 6) is 5.20. The summed E-state index contributed by atoms with van der Waals surface area (Å²) in [6.07, 6.45) is 0.0483. The predicted molar refractivity (Wildman–Crippen MR) is 124 cm³/mol. The second kappa shape index (κ2) is 8.54. The van der Waals surface area contributed by atoms with Crippen molar-refractivity contribution in [1.29, 1.82) is 0 Å². The van der Waals surface area contributed by atoms with Crippen LogP contribution in [0.2, 0.25) is 0 Å². The number of amides is 1. The van der Waals surface area contributed by atoms with Crippen LogP contribution in [0.25, 0.3) is 10.8 Å². The van der Waals surface area contributed by atoms with Crippen LogP contribution in [0.3, 0.4) is 0 Å². The number of halogens is 1. The van der Waals surface area contributed by atoms with E-state index in [9.17, 15) is 14.0 Å². The Morgan fingerprint density at radius 2 is 2.00 bits per heavy atom. The minimum absolute atomic E-state index is 0.0285. The van der Waals surface area contributed by atoms with Crippen molar-refractivity contribution in [2.24, 2.45) is 11.6 Å². The number of rotatable bonds is 3. The molecule has 5 rings (SSSR count). The number of fused-ring (bicyclic) bond motifs is 2. The third kappa shape index (κ3) is 3.80. The summed E-state index contributed by atoms with van der Waals surface area (Å²) in [5.41, 5.74) is 8.17. The highest BCUT2D eigenvalue weighted by Gasteiger charge is 2.43. The number of hydrogen-bond donors (Lipinski definition) is 3. The smallest absolute Gasteiger partial charge is 0.272 e. The first-order valence-corrected chi connectivity index (χ1v) is 11.0. The number of morpholine rings is 1. The van der Waals surface area contributed by atoms with Crippen LogP contribution in [0.5, 0.6) is 0 Å². The summed E-state index contributed by atoms with van der Waals surface area (Å²) in [4.78, 5) is 26.9.